The number of nitrogens with zero attached hydrogens (tertiary/aromatic N) is 1. The van der Waals surface area contributed by atoms with Crippen molar-refractivity contribution >= 4 is 46.0 Å². The number of rotatable bonds is 5. The number of primary sulfonamides is 1. The lowest BCUT2D eigenvalue weighted by Gasteiger charge is -2.15. The number of hydrogen-bond acceptors (Lipinski definition) is 6. The van der Waals surface area contributed by atoms with Crippen LogP contribution >= 0.6 is 24.2 Å². The molecule has 2 N–H and O–H groups in total. The van der Waals surface area contributed by atoms with E-state index in [1.807, 2.05) is 16.8 Å². The number of nitrogens with two attached hydrogens (primary N) is 1. The van der Waals surface area contributed by atoms with Crippen LogP contribution in [0.15, 0.2) is 46.0 Å². The molecule has 0 spiro atoms. The standard InChI is InChI=1S/C13H14N2O4S3/c14-22(17,18)12-3-1-11(2-4-12)15(20)13(16)19-7-5-10-6-8-21-9-10/h1-4,6,8-9,20H,5,7H2,(H2,14,17,18). The second-order valence-electron chi connectivity index (χ2n) is 4.35. The fourth-order valence-electron chi connectivity index (χ4n) is 1.63. The Balaban J connectivity index is 1.92. The van der Waals surface area contributed by atoms with Gasteiger partial charge in [0.2, 0.25) is 10.0 Å². The molecule has 9 heteroatoms. The lowest BCUT2D eigenvalue weighted by atomic mass is 10.3. The van der Waals surface area contributed by atoms with Crippen LogP contribution in [0.5, 0.6) is 0 Å². The zero-order valence-corrected chi connectivity index (χ0v) is 13.9. The van der Waals surface area contributed by atoms with Gasteiger partial charge in [0.25, 0.3) is 0 Å². The van der Waals surface area contributed by atoms with Crippen LogP contribution in [0.2, 0.25) is 0 Å². The Bertz CT molecular complexity index is 727. The normalized spacial score (nSPS) is 11.2. The number of benzene rings is 1. The fourth-order valence-corrected chi connectivity index (χ4v) is 3.04. The summed E-state index contributed by atoms with van der Waals surface area (Å²) < 4.78 is 28.4. The molecule has 0 bridgehead atoms. The van der Waals surface area contributed by atoms with Crippen LogP contribution in [0.4, 0.5) is 10.5 Å². The predicted molar refractivity (Wildman–Crippen MR) is 88.7 cm³/mol. The van der Waals surface area contributed by atoms with Gasteiger partial charge in [0, 0.05) is 6.42 Å². The molecule has 0 aliphatic carbocycles. The first-order valence-electron chi connectivity index (χ1n) is 6.17. The van der Waals surface area contributed by atoms with Gasteiger partial charge in [0.1, 0.15) is 0 Å². The van der Waals surface area contributed by atoms with Crippen LogP contribution < -0.4 is 9.44 Å². The Morgan fingerprint density at radius 2 is 1.95 bits per heavy atom. The topological polar surface area (TPSA) is 89.7 Å². The van der Waals surface area contributed by atoms with Gasteiger partial charge < -0.3 is 4.74 Å². The van der Waals surface area contributed by atoms with Crippen LogP contribution in [0, 0.1) is 0 Å². The highest BCUT2D eigenvalue weighted by Gasteiger charge is 2.15. The number of thiophene rings is 1. The summed E-state index contributed by atoms with van der Waals surface area (Å²) in [6, 6.07) is 7.40. The van der Waals surface area contributed by atoms with E-state index in [4.69, 9.17) is 9.88 Å². The van der Waals surface area contributed by atoms with Gasteiger partial charge in [-0.25, -0.2) is 22.7 Å². The molecule has 6 nitrogen and oxygen atoms in total. The van der Waals surface area contributed by atoms with E-state index < -0.39 is 16.1 Å². The number of hydrogen-bond donors (Lipinski definition) is 2. The minimum atomic E-state index is -3.76. The molecule has 0 saturated heterocycles. The summed E-state index contributed by atoms with van der Waals surface area (Å²) in [7, 11) is -3.76. The van der Waals surface area contributed by atoms with Crippen LogP contribution in [-0.4, -0.2) is 21.1 Å². The van der Waals surface area contributed by atoms with Crippen molar-refractivity contribution < 1.29 is 17.9 Å². The second kappa shape index (κ2) is 7.14. The molecule has 0 atom stereocenters. The maximum absolute atomic E-state index is 11.8. The summed E-state index contributed by atoms with van der Waals surface area (Å²) in [6.07, 6.45) is -0.0109. The minimum Gasteiger partial charge on any atom is -0.448 e. The zero-order chi connectivity index (χ0) is 16.2. The molecule has 1 aromatic carbocycles. The molecule has 1 amide bonds. The Kier molecular flexibility index (Phi) is 5.46. The van der Waals surface area contributed by atoms with Gasteiger partial charge in [0.05, 0.1) is 17.2 Å². The number of anilines is 1. The highest BCUT2D eigenvalue weighted by Crippen LogP contribution is 2.20. The van der Waals surface area contributed by atoms with Gasteiger partial charge in [-0.2, -0.15) is 11.3 Å². The first-order valence-corrected chi connectivity index (χ1v) is 9.06. The van der Waals surface area contributed by atoms with Gasteiger partial charge in [-0.15, -0.1) is 0 Å². The Morgan fingerprint density at radius 1 is 1.27 bits per heavy atom. The predicted octanol–water partition coefficient (Wildman–Crippen LogP) is 2.43. The SMILES string of the molecule is NS(=O)(=O)c1ccc(N(S)C(=O)OCCc2ccsc2)cc1. The minimum absolute atomic E-state index is 0.0381. The average molecular weight is 358 g/mol. The van der Waals surface area contributed by atoms with E-state index >= 15 is 0 Å². The third-order valence-electron chi connectivity index (χ3n) is 2.78. The molecule has 118 valence electrons. The molecular weight excluding hydrogens is 344 g/mol. The van der Waals surface area contributed by atoms with Crippen molar-refractivity contribution in [2.45, 2.75) is 11.3 Å². The lowest BCUT2D eigenvalue weighted by Crippen LogP contribution is -2.23. The summed E-state index contributed by atoms with van der Waals surface area (Å²) in [5.74, 6) is 0. The molecule has 0 aliphatic heterocycles. The van der Waals surface area contributed by atoms with E-state index in [9.17, 15) is 13.2 Å². The summed E-state index contributed by atoms with van der Waals surface area (Å²) in [4.78, 5) is 11.8. The van der Waals surface area contributed by atoms with Crippen molar-refractivity contribution in [2.24, 2.45) is 5.14 Å². The summed E-state index contributed by atoms with van der Waals surface area (Å²) in [5, 5.41) is 8.94. The monoisotopic (exact) mass is 358 g/mol. The summed E-state index contributed by atoms with van der Waals surface area (Å²) >= 11 is 5.63. The van der Waals surface area contributed by atoms with E-state index in [0.717, 1.165) is 9.87 Å². The van der Waals surface area contributed by atoms with E-state index in [-0.39, 0.29) is 11.5 Å². The van der Waals surface area contributed by atoms with Crippen LogP contribution in [0.25, 0.3) is 0 Å². The maximum Gasteiger partial charge on any atom is 0.424 e. The van der Waals surface area contributed by atoms with Crippen LogP contribution in [-0.2, 0) is 21.2 Å². The molecule has 0 saturated carbocycles. The molecule has 0 fully saturated rings. The third-order valence-corrected chi connectivity index (χ3v) is 4.83. The molecule has 0 unspecified atom stereocenters. The number of sulfonamides is 1. The summed E-state index contributed by atoms with van der Waals surface area (Å²) in [5.41, 5.74) is 1.48. The van der Waals surface area contributed by atoms with Crippen molar-refractivity contribution in [2.75, 3.05) is 10.9 Å². The van der Waals surface area contributed by atoms with E-state index in [1.165, 1.54) is 24.3 Å². The van der Waals surface area contributed by atoms with Gasteiger partial charge in [-0.1, -0.05) is 12.8 Å². The number of thiol groups is 1. The maximum atomic E-state index is 11.8. The highest BCUT2D eigenvalue weighted by atomic mass is 32.2. The van der Waals surface area contributed by atoms with Gasteiger partial charge >= 0.3 is 6.09 Å². The number of ether oxygens (including phenoxy) is 1. The Labute approximate surface area is 138 Å². The number of carbonyl (C=O) groups excluding carboxylic acids is 1. The zero-order valence-electron chi connectivity index (χ0n) is 11.4. The van der Waals surface area contributed by atoms with Gasteiger partial charge in [-0.3, -0.25) is 0 Å². The first-order chi connectivity index (χ1) is 10.4. The van der Waals surface area contributed by atoms with Crippen molar-refractivity contribution in [3.63, 3.8) is 0 Å². The van der Waals surface area contributed by atoms with E-state index in [1.54, 1.807) is 11.3 Å². The van der Waals surface area contributed by atoms with Crippen LogP contribution in [0.1, 0.15) is 5.56 Å². The third kappa shape index (κ3) is 4.47. The molecule has 0 aliphatic rings. The van der Waals surface area contributed by atoms with Crippen molar-refractivity contribution in [1.29, 1.82) is 0 Å². The molecule has 22 heavy (non-hydrogen) atoms. The highest BCUT2D eigenvalue weighted by molar-refractivity contribution is 7.89. The van der Waals surface area contributed by atoms with E-state index in [2.05, 4.69) is 12.8 Å². The first kappa shape index (κ1) is 16.8. The van der Waals surface area contributed by atoms with E-state index in [0.29, 0.717) is 12.1 Å². The molecule has 1 heterocycles. The number of amides is 1. The summed E-state index contributed by atoms with van der Waals surface area (Å²) in [6.45, 7) is 0.238. The lowest BCUT2D eigenvalue weighted by molar-refractivity contribution is 0.160. The average Bonchev–Trinajstić information content (AvgIpc) is 2.99. The molecule has 2 aromatic rings. The number of carbonyl (C=O) groups is 1. The second-order valence-corrected chi connectivity index (χ2v) is 7.09. The fraction of sp³-hybridized carbons (Fsp3) is 0.154. The molecule has 2 rings (SSSR count). The molecule has 0 radical (unpaired) electrons. The van der Waals surface area contributed by atoms with Crippen LogP contribution in [0.3, 0.4) is 0 Å². The smallest absolute Gasteiger partial charge is 0.424 e. The van der Waals surface area contributed by atoms with Gasteiger partial charge in [0.15, 0.2) is 0 Å². The quantitative estimate of drug-likeness (QED) is 0.803. The van der Waals surface area contributed by atoms with Crippen molar-refractivity contribution in [3.8, 4) is 0 Å². The Hall–Kier alpha value is -1.55. The Morgan fingerprint density at radius 3 is 2.50 bits per heavy atom. The molecule has 1 aromatic heterocycles. The largest absolute Gasteiger partial charge is 0.448 e. The molecular formula is C13H14N2O4S3. The van der Waals surface area contributed by atoms with Gasteiger partial charge in [-0.05, 0) is 46.7 Å². The van der Waals surface area contributed by atoms with Crippen molar-refractivity contribution in [3.05, 3.63) is 46.7 Å². The van der Waals surface area contributed by atoms with Crippen molar-refractivity contribution in [1.82, 2.24) is 0 Å².